The predicted molar refractivity (Wildman–Crippen MR) is 63.2 cm³/mol. The number of fused-ring (bicyclic) bond motifs is 1. The fraction of sp³-hybridized carbons (Fsp3) is 0.500. The summed E-state index contributed by atoms with van der Waals surface area (Å²) in [6, 6.07) is 3.92. The third-order valence-corrected chi connectivity index (χ3v) is 3.58. The van der Waals surface area contributed by atoms with Crippen molar-refractivity contribution in [2.75, 3.05) is 0 Å². The minimum Gasteiger partial charge on any atom is -0.487 e. The number of aryl methyl sites for hydroxylation is 1. The smallest absolute Gasteiger partial charge is 0.126 e. The molecule has 0 aliphatic carbocycles. The van der Waals surface area contributed by atoms with Crippen LogP contribution in [0.2, 0.25) is 0 Å². The van der Waals surface area contributed by atoms with Crippen LogP contribution in [0.25, 0.3) is 0 Å². The van der Waals surface area contributed by atoms with Gasteiger partial charge >= 0.3 is 0 Å². The molecule has 1 aromatic carbocycles. The first kappa shape index (κ1) is 11.0. The van der Waals surface area contributed by atoms with Gasteiger partial charge in [0, 0.05) is 16.5 Å². The molecule has 1 aromatic rings. The van der Waals surface area contributed by atoms with Crippen molar-refractivity contribution in [3.05, 3.63) is 27.7 Å². The molecule has 1 atom stereocenters. The Kier molecular flexibility index (Phi) is 2.55. The lowest BCUT2D eigenvalue weighted by Crippen LogP contribution is -2.34. The van der Waals surface area contributed by atoms with Crippen LogP contribution >= 0.6 is 15.9 Å². The highest BCUT2D eigenvalue weighted by molar-refractivity contribution is 9.10. The van der Waals surface area contributed by atoms with E-state index in [1.54, 1.807) is 0 Å². The summed E-state index contributed by atoms with van der Waals surface area (Å²) in [5.41, 5.74) is 1.72. The second-order valence-electron chi connectivity index (χ2n) is 4.72. The standard InChI is InChI=1S/C12H15BrO2/c1-7-4-11-8(5-9(7)13)10(14)6-12(2,3)15-11/h4-5,10,14H,6H2,1-3H3. The van der Waals surface area contributed by atoms with Gasteiger partial charge in [0.2, 0.25) is 0 Å². The normalized spacial score (nSPS) is 23.1. The van der Waals surface area contributed by atoms with E-state index in [1.165, 1.54) is 0 Å². The van der Waals surface area contributed by atoms with Gasteiger partial charge in [0.25, 0.3) is 0 Å². The summed E-state index contributed by atoms with van der Waals surface area (Å²) in [6.45, 7) is 6.01. The molecule has 2 rings (SSSR count). The van der Waals surface area contributed by atoms with E-state index in [0.29, 0.717) is 6.42 Å². The maximum Gasteiger partial charge on any atom is 0.126 e. The van der Waals surface area contributed by atoms with Crippen LogP contribution < -0.4 is 4.74 Å². The highest BCUT2D eigenvalue weighted by atomic mass is 79.9. The van der Waals surface area contributed by atoms with Gasteiger partial charge < -0.3 is 9.84 Å². The fourth-order valence-corrected chi connectivity index (χ4v) is 2.30. The molecular weight excluding hydrogens is 256 g/mol. The summed E-state index contributed by atoms with van der Waals surface area (Å²) < 4.78 is 6.86. The Labute approximate surface area is 98.4 Å². The second kappa shape index (κ2) is 3.49. The summed E-state index contributed by atoms with van der Waals surface area (Å²) >= 11 is 3.46. The summed E-state index contributed by atoms with van der Waals surface area (Å²) in [7, 11) is 0. The average Bonchev–Trinajstić information content (AvgIpc) is 2.07. The lowest BCUT2D eigenvalue weighted by molar-refractivity contribution is 0.0114. The highest BCUT2D eigenvalue weighted by Gasteiger charge is 2.32. The van der Waals surface area contributed by atoms with Crippen molar-refractivity contribution < 1.29 is 9.84 Å². The van der Waals surface area contributed by atoms with Crippen molar-refractivity contribution >= 4 is 15.9 Å². The van der Waals surface area contributed by atoms with E-state index in [0.717, 1.165) is 21.3 Å². The molecule has 0 amide bonds. The van der Waals surface area contributed by atoms with Gasteiger partial charge in [-0.05, 0) is 38.5 Å². The molecule has 0 radical (unpaired) electrons. The van der Waals surface area contributed by atoms with Crippen LogP contribution in [0.4, 0.5) is 0 Å². The Bertz CT molecular complexity index is 399. The van der Waals surface area contributed by atoms with E-state index in [4.69, 9.17) is 4.74 Å². The molecule has 1 unspecified atom stereocenters. The van der Waals surface area contributed by atoms with Crippen molar-refractivity contribution in [2.45, 2.75) is 38.9 Å². The molecule has 15 heavy (non-hydrogen) atoms. The second-order valence-corrected chi connectivity index (χ2v) is 5.58. The van der Waals surface area contributed by atoms with E-state index in [1.807, 2.05) is 32.9 Å². The lowest BCUT2D eigenvalue weighted by atomic mass is 9.91. The lowest BCUT2D eigenvalue weighted by Gasteiger charge is -2.35. The molecule has 1 aliphatic rings. The molecular formula is C12H15BrO2. The number of ether oxygens (including phenoxy) is 1. The maximum absolute atomic E-state index is 10.0. The first-order valence-corrected chi connectivity index (χ1v) is 5.85. The molecule has 0 bridgehead atoms. The van der Waals surface area contributed by atoms with E-state index in [2.05, 4.69) is 15.9 Å². The molecule has 0 saturated carbocycles. The fourth-order valence-electron chi connectivity index (χ4n) is 1.93. The number of rotatable bonds is 0. The minimum absolute atomic E-state index is 0.285. The zero-order valence-electron chi connectivity index (χ0n) is 9.17. The van der Waals surface area contributed by atoms with Crippen LogP contribution in [0.15, 0.2) is 16.6 Å². The van der Waals surface area contributed by atoms with Crippen molar-refractivity contribution in [1.29, 1.82) is 0 Å². The summed E-state index contributed by atoms with van der Waals surface area (Å²) in [6.07, 6.45) is 0.204. The van der Waals surface area contributed by atoms with Crippen molar-refractivity contribution in [1.82, 2.24) is 0 Å². The van der Waals surface area contributed by atoms with E-state index in [9.17, 15) is 5.11 Å². The molecule has 0 aromatic heterocycles. The Morgan fingerprint density at radius 1 is 1.47 bits per heavy atom. The van der Waals surface area contributed by atoms with Crippen molar-refractivity contribution in [3.8, 4) is 5.75 Å². The van der Waals surface area contributed by atoms with Crippen LogP contribution in [0, 0.1) is 6.92 Å². The summed E-state index contributed by atoms with van der Waals surface area (Å²) in [5.74, 6) is 0.805. The van der Waals surface area contributed by atoms with Crippen LogP contribution in [0.1, 0.15) is 37.5 Å². The van der Waals surface area contributed by atoms with Crippen LogP contribution in [0.5, 0.6) is 5.75 Å². The van der Waals surface area contributed by atoms with Gasteiger partial charge in [-0.15, -0.1) is 0 Å². The quantitative estimate of drug-likeness (QED) is 0.784. The van der Waals surface area contributed by atoms with Crippen LogP contribution in [-0.2, 0) is 0 Å². The Balaban J connectivity index is 2.51. The number of hydrogen-bond acceptors (Lipinski definition) is 2. The van der Waals surface area contributed by atoms with Gasteiger partial charge in [0.15, 0.2) is 0 Å². The molecule has 0 spiro atoms. The zero-order valence-corrected chi connectivity index (χ0v) is 10.8. The number of halogens is 1. The summed E-state index contributed by atoms with van der Waals surface area (Å²) in [5, 5.41) is 10.0. The van der Waals surface area contributed by atoms with Gasteiger partial charge in [-0.25, -0.2) is 0 Å². The van der Waals surface area contributed by atoms with Gasteiger partial charge in [0.1, 0.15) is 11.4 Å². The predicted octanol–water partition coefficient (Wildman–Crippen LogP) is 3.35. The third kappa shape index (κ3) is 2.04. The van der Waals surface area contributed by atoms with E-state index in [-0.39, 0.29) is 5.60 Å². The molecule has 1 heterocycles. The Hall–Kier alpha value is -0.540. The van der Waals surface area contributed by atoms with Gasteiger partial charge in [0.05, 0.1) is 6.10 Å². The van der Waals surface area contributed by atoms with Crippen molar-refractivity contribution in [3.63, 3.8) is 0 Å². The van der Waals surface area contributed by atoms with E-state index < -0.39 is 6.10 Å². The number of benzene rings is 1. The molecule has 1 aliphatic heterocycles. The van der Waals surface area contributed by atoms with Crippen LogP contribution in [-0.4, -0.2) is 10.7 Å². The molecule has 1 N–H and O–H groups in total. The maximum atomic E-state index is 10.0. The van der Waals surface area contributed by atoms with Crippen molar-refractivity contribution in [2.24, 2.45) is 0 Å². The third-order valence-electron chi connectivity index (χ3n) is 2.72. The Morgan fingerprint density at radius 3 is 2.80 bits per heavy atom. The number of aliphatic hydroxyl groups excluding tert-OH is 1. The Morgan fingerprint density at radius 2 is 2.13 bits per heavy atom. The van der Waals surface area contributed by atoms with Gasteiger partial charge in [-0.1, -0.05) is 15.9 Å². The number of aliphatic hydroxyl groups is 1. The molecule has 82 valence electrons. The monoisotopic (exact) mass is 270 g/mol. The first-order valence-electron chi connectivity index (χ1n) is 5.06. The molecule has 2 nitrogen and oxygen atoms in total. The van der Waals surface area contributed by atoms with Crippen LogP contribution in [0.3, 0.4) is 0 Å². The topological polar surface area (TPSA) is 29.5 Å². The average molecular weight is 271 g/mol. The largest absolute Gasteiger partial charge is 0.487 e. The van der Waals surface area contributed by atoms with Gasteiger partial charge in [-0.3, -0.25) is 0 Å². The van der Waals surface area contributed by atoms with Gasteiger partial charge in [-0.2, -0.15) is 0 Å². The highest BCUT2D eigenvalue weighted by Crippen LogP contribution is 2.41. The SMILES string of the molecule is Cc1cc2c(cc1Br)C(O)CC(C)(C)O2. The molecule has 0 saturated heterocycles. The zero-order chi connectivity index (χ0) is 11.2. The minimum atomic E-state index is -0.430. The first-order chi connectivity index (χ1) is 6.89. The summed E-state index contributed by atoms with van der Waals surface area (Å²) in [4.78, 5) is 0. The molecule has 3 heteroatoms. The number of hydrogen-bond donors (Lipinski definition) is 1. The van der Waals surface area contributed by atoms with E-state index >= 15 is 0 Å². The molecule has 0 fully saturated rings.